The zero-order valence-electron chi connectivity index (χ0n) is 12.4. The normalized spacial score (nSPS) is 12.7. The summed E-state index contributed by atoms with van der Waals surface area (Å²) in [4.78, 5) is 0. The molecule has 108 valence electrons. The number of hydrogen-bond donors (Lipinski definition) is 1. The van der Waals surface area contributed by atoms with E-state index in [9.17, 15) is 0 Å². The van der Waals surface area contributed by atoms with Crippen molar-refractivity contribution in [3.05, 3.63) is 29.8 Å². The zero-order valence-corrected chi connectivity index (χ0v) is 12.4. The van der Waals surface area contributed by atoms with Crippen molar-refractivity contribution in [3.63, 3.8) is 0 Å². The van der Waals surface area contributed by atoms with Gasteiger partial charge < -0.3 is 15.2 Å². The zero-order chi connectivity index (χ0) is 14.1. The van der Waals surface area contributed by atoms with Gasteiger partial charge in [-0.3, -0.25) is 0 Å². The van der Waals surface area contributed by atoms with Crippen LogP contribution >= 0.6 is 0 Å². The summed E-state index contributed by atoms with van der Waals surface area (Å²) in [5.74, 6) is 1.47. The van der Waals surface area contributed by atoms with Crippen LogP contribution in [0, 0.1) is 5.92 Å². The van der Waals surface area contributed by atoms with E-state index in [-0.39, 0.29) is 6.04 Å². The van der Waals surface area contributed by atoms with Gasteiger partial charge in [0.05, 0.1) is 6.61 Å². The third-order valence-corrected chi connectivity index (χ3v) is 2.87. The second-order valence-electron chi connectivity index (χ2n) is 5.34. The first-order valence-corrected chi connectivity index (χ1v) is 7.16. The monoisotopic (exact) mass is 265 g/mol. The summed E-state index contributed by atoms with van der Waals surface area (Å²) in [6.07, 6.45) is 1.89. The first-order valence-electron chi connectivity index (χ1n) is 7.16. The van der Waals surface area contributed by atoms with Gasteiger partial charge in [0.15, 0.2) is 0 Å². The molecule has 1 unspecified atom stereocenters. The smallest absolute Gasteiger partial charge is 0.119 e. The topological polar surface area (TPSA) is 44.5 Å². The van der Waals surface area contributed by atoms with E-state index in [0.29, 0.717) is 19.1 Å². The minimum atomic E-state index is 0.227. The summed E-state index contributed by atoms with van der Waals surface area (Å²) in [5.41, 5.74) is 7.19. The predicted octanol–water partition coefficient (Wildman–Crippen LogP) is 3.02. The van der Waals surface area contributed by atoms with Crippen molar-refractivity contribution >= 4 is 0 Å². The van der Waals surface area contributed by atoms with Crippen LogP contribution in [0.1, 0.15) is 32.8 Å². The molecule has 0 aliphatic rings. The Morgan fingerprint density at radius 3 is 2.68 bits per heavy atom. The molecule has 0 saturated carbocycles. The van der Waals surface area contributed by atoms with Gasteiger partial charge in [0, 0.05) is 12.6 Å². The molecule has 3 heteroatoms. The Labute approximate surface area is 117 Å². The van der Waals surface area contributed by atoms with Gasteiger partial charge in [0.2, 0.25) is 0 Å². The number of hydrogen-bond acceptors (Lipinski definition) is 3. The third-order valence-electron chi connectivity index (χ3n) is 2.87. The maximum atomic E-state index is 5.96. The van der Waals surface area contributed by atoms with Gasteiger partial charge in [-0.05, 0) is 36.5 Å². The molecule has 0 aliphatic heterocycles. The lowest BCUT2D eigenvalue weighted by molar-refractivity contribution is 0.0819. The summed E-state index contributed by atoms with van der Waals surface area (Å²) >= 11 is 0. The maximum Gasteiger partial charge on any atom is 0.119 e. The second-order valence-corrected chi connectivity index (χ2v) is 5.34. The van der Waals surface area contributed by atoms with Crippen LogP contribution in [0.4, 0.5) is 0 Å². The van der Waals surface area contributed by atoms with Crippen LogP contribution in [0.2, 0.25) is 0 Å². The van der Waals surface area contributed by atoms with E-state index in [2.05, 4.69) is 32.9 Å². The molecule has 0 aromatic heterocycles. The van der Waals surface area contributed by atoms with Crippen molar-refractivity contribution in [2.75, 3.05) is 19.8 Å². The van der Waals surface area contributed by atoms with Crippen LogP contribution in [0.15, 0.2) is 24.3 Å². The van der Waals surface area contributed by atoms with E-state index in [1.807, 2.05) is 12.1 Å². The van der Waals surface area contributed by atoms with Crippen molar-refractivity contribution in [1.29, 1.82) is 0 Å². The molecular weight excluding hydrogens is 238 g/mol. The average molecular weight is 265 g/mol. The lowest BCUT2D eigenvalue weighted by atomic mass is 10.0. The highest BCUT2D eigenvalue weighted by atomic mass is 16.5. The molecule has 0 saturated heterocycles. The number of nitrogens with two attached hydrogens (primary N) is 1. The van der Waals surface area contributed by atoms with Gasteiger partial charge in [-0.15, -0.1) is 0 Å². The van der Waals surface area contributed by atoms with Crippen LogP contribution in [0.5, 0.6) is 5.75 Å². The first kappa shape index (κ1) is 16.0. The molecule has 1 atom stereocenters. The van der Waals surface area contributed by atoms with E-state index in [0.717, 1.165) is 25.2 Å². The molecule has 2 N–H and O–H groups in total. The van der Waals surface area contributed by atoms with E-state index in [1.54, 1.807) is 0 Å². The lowest BCUT2D eigenvalue weighted by Gasteiger charge is -2.11. The van der Waals surface area contributed by atoms with E-state index in [4.69, 9.17) is 15.2 Å². The molecule has 1 rings (SSSR count). The fraction of sp³-hybridized carbons (Fsp3) is 0.625. The summed E-state index contributed by atoms with van der Waals surface area (Å²) in [6.45, 7) is 8.40. The van der Waals surface area contributed by atoms with Crippen LogP contribution in [0.3, 0.4) is 0 Å². The largest absolute Gasteiger partial charge is 0.491 e. The molecular formula is C16H27NO2. The Bertz CT molecular complexity index is 352. The summed E-state index contributed by atoms with van der Waals surface area (Å²) in [6, 6.07) is 8.38. The quantitative estimate of drug-likeness (QED) is 0.698. The van der Waals surface area contributed by atoms with E-state index in [1.165, 1.54) is 5.56 Å². The van der Waals surface area contributed by atoms with Gasteiger partial charge >= 0.3 is 0 Å². The van der Waals surface area contributed by atoms with Gasteiger partial charge in [0.25, 0.3) is 0 Å². The van der Waals surface area contributed by atoms with Crippen molar-refractivity contribution in [1.82, 2.24) is 0 Å². The highest BCUT2D eigenvalue weighted by Crippen LogP contribution is 2.15. The molecule has 0 heterocycles. The van der Waals surface area contributed by atoms with Gasteiger partial charge in [-0.25, -0.2) is 0 Å². The lowest BCUT2D eigenvalue weighted by Crippen LogP contribution is -2.21. The van der Waals surface area contributed by atoms with Crippen LogP contribution in [-0.4, -0.2) is 25.9 Å². The Kier molecular flexibility index (Phi) is 7.53. The maximum absolute atomic E-state index is 5.96. The molecule has 0 spiro atoms. The van der Waals surface area contributed by atoms with Crippen LogP contribution in [0.25, 0.3) is 0 Å². The van der Waals surface area contributed by atoms with Crippen LogP contribution in [-0.2, 0) is 11.2 Å². The Morgan fingerprint density at radius 1 is 1.21 bits per heavy atom. The van der Waals surface area contributed by atoms with E-state index < -0.39 is 0 Å². The van der Waals surface area contributed by atoms with Crippen LogP contribution < -0.4 is 10.5 Å². The summed E-state index contributed by atoms with van der Waals surface area (Å²) < 4.78 is 11.2. The molecule has 0 bridgehead atoms. The SMILES string of the molecule is CCC(N)Cc1cccc(OCCOCC(C)C)c1. The fourth-order valence-electron chi connectivity index (χ4n) is 1.75. The molecule has 0 aliphatic carbocycles. The average Bonchev–Trinajstić information content (AvgIpc) is 2.38. The highest BCUT2D eigenvalue weighted by Gasteiger charge is 2.03. The minimum absolute atomic E-state index is 0.227. The molecule has 0 amide bonds. The molecule has 19 heavy (non-hydrogen) atoms. The Hall–Kier alpha value is -1.06. The number of rotatable bonds is 9. The van der Waals surface area contributed by atoms with Crippen molar-refractivity contribution in [2.45, 2.75) is 39.7 Å². The van der Waals surface area contributed by atoms with Gasteiger partial charge in [-0.2, -0.15) is 0 Å². The molecule has 0 radical (unpaired) electrons. The molecule has 1 aromatic rings. The number of benzene rings is 1. The first-order chi connectivity index (χ1) is 9.11. The van der Waals surface area contributed by atoms with Crippen molar-refractivity contribution in [3.8, 4) is 5.75 Å². The molecule has 3 nitrogen and oxygen atoms in total. The van der Waals surface area contributed by atoms with Crippen molar-refractivity contribution < 1.29 is 9.47 Å². The molecule has 1 aromatic carbocycles. The predicted molar refractivity (Wildman–Crippen MR) is 79.6 cm³/mol. The third kappa shape index (κ3) is 7.19. The second kappa shape index (κ2) is 8.94. The summed E-state index contributed by atoms with van der Waals surface area (Å²) in [7, 11) is 0. The number of ether oxygens (including phenoxy) is 2. The van der Waals surface area contributed by atoms with Gasteiger partial charge in [-0.1, -0.05) is 32.9 Å². The molecule has 0 fully saturated rings. The standard InChI is InChI=1S/C16H27NO2/c1-4-15(17)10-14-6-5-7-16(11-14)19-9-8-18-12-13(2)3/h5-7,11,13,15H,4,8-10,12,17H2,1-3H3. The van der Waals surface area contributed by atoms with Crippen molar-refractivity contribution in [2.24, 2.45) is 11.7 Å². The van der Waals surface area contributed by atoms with Gasteiger partial charge in [0.1, 0.15) is 12.4 Å². The van der Waals surface area contributed by atoms with E-state index >= 15 is 0 Å². The Morgan fingerprint density at radius 2 is 2.00 bits per heavy atom. The Balaban J connectivity index is 2.31. The summed E-state index contributed by atoms with van der Waals surface area (Å²) in [5, 5.41) is 0. The highest BCUT2D eigenvalue weighted by molar-refractivity contribution is 5.29. The minimum Gasteiger partial charge on any atom is -0.491 e. The fourth-order valence-corrected chi connectivity index (χ4v) is 1.75.